The van der Waals surface area contributed by atoms with E-state index in [0.717, 1.165) is 41.9 Å². The Labute approximate surface area is 131 Å². The number of carbonyl (C=O) groups is 1. The van der Waals surface area contributed by atoms with Crippen molar-refractivity contribution in [1.82, 2.24) is 9.88 Å². The van der Waals surface area contributed by atoms with Crippen molar-refractivity contribution in [2.45, 2.75) is 26.7 Å². The summed E-state index contributed by atoms with van der Waals surface area (Å²) < 4.78 is 5.23. The molecule has 2 aromatic rings. The number of rotatable bonds is 2. The van der Waals surface area contributed by atoms with E-state index in [4.69, 9.17) is 4.74 Å². The molecule has 0 saturated carbocycles. The van der Waals surface area contributed by atoms with Gasteiger partial charge in [0.2, 0.25) is 0 Å². The van der Waals surface area contributed by atoms with E-state index in [0.29, 0.717) is 11.5 Å². The van der Waals surface area contributed by atoms with Crippen molar-refractivity contribution in [3.8, 4) is 5.75 Å². The highest BCUT2D eigenvalue weighted by molar-refractivity contribution is 5.98. The maximum atomic E-state index is 12.8. The number of piperidine rings is 1. The van der Waals surface area contributed by atoms with Crippen LogP contribution in [0.5, 0.6) is 5.75 Å². The molecule has 4 nitrogen and oxygen atoms in total. The van der Waals surface area contributed by atoms with E-state index < -0.39 is 0 Å². The number of hydrogen-bond donors (Lipinski definition) is 0. The van der Waals surface area contributed by atoms with Crippen LogP contribution in [0.3, 0.4) is 0 Å². The van der Waals surface area contributed by atoms with Gasteiger partial charge in [0.25, 0.3) is 5.91 Å². The molecule has 22 heavy (non-hydrogen) atoms. The van der Waals surface area contributed by atoms with Gasteiger partial charge >= 0.3 is 0 Å². The molecule has 116 valence electrons. The summed E-state index contributed by atoms with van der Waals surface area (Å²) in [6.45, 7) is 5.80. The number of aromatic nitrogens is 1. The van der Waals surface area contributed by atoms with Crippen molar-refractivity contribution in [3.05, 3.63) is 35.5 Å². The van der Waals surface area contributed by atoms with E-state index in [1.165, 1.54) is 6.42 Å². The molecule has 0 aliphatic carbocycles. The number of carbonyl (C=O) groups excluding carboxylic acids is 1. The first-order chi connectivity index (χ1) is 10.6. The standard InChI is InChI=1S/C18H22N2O2/c1-12-5-4-8-20(11-12)18(21)16-9-14-6-7-15(22-3)10-17(14)19-13(16)2/h6-7,9-10,12H,4-5,8,11H2,1-3H3. The highest BCUT2D eigenvalue weighted by Gasteiger charge is 2.23. The molecular formula is C18H22N2O2. The minimum Gasteiger partial charge on any atom is -0.497 e. The van der Waals surface area contributed by atoms with Crippen molar-refractivity contribution < 1.29 is 9.53 Å². The summed E-state index contributed by atoms with van der Waals surface area (Å²) in [7, 11) is 1.64. The normalized spacial score (nSPS) is 18.5. The van der Waals surface area contributed by atoms with Crippen LogP contribution in [0.1, 0.15) is 35.8 Å². The van der Waals surface area contributed by atoms with Crippen LogP contribution in [0.2, 0.25) is 0 Å². The Morgan fingerprint density at radius 3 is 2.91 bits per heavy atom. The molecule has 3 rings (SSSR count). The smallest absolute Gasteiger partial charge is 0.255 e. The highest BCUT2D eigenvalue weighted by Crippen LogP contribution is 2.24. The van der Waals surface area contributed by atoms with Gasteiger partial charge in [-0.15, -0.1) is 0 Å². The number of amides is 1. The zero-order valence-corrected chi connectivity index (χ0v) is 13.4. The largest absolute Gasteiger partial charge is 0.497 e. The second kappa shape index (κ2) is 5.95. The van der Waals surface area contributed by atoms with E-state index in [1.54, 1.807) is 7.11 Å². The van der Waals surface area contributed by atoms with Gasteiger partial charge in [-0.3, -0.25) is 9.78 Å². The molecule has 4 heteroatoms. The van der Waals surface area contributed by atoms with Gasteiger partial charge in [-0.05, 0) is 43.9 Å². The minimum absolute atomic E-state index is 0.106. The minimum atomic E-state index is 0.106. The van der Waals surface area contributed by atoms with Gasteiger partial charge in [-0.25, -0.2) is 0 Å². The van der Waals surface area contributed by atoms with Crippen LogP contribution in [0, 0.1) is 12.8 Å². The summed E-state index contributed by atoms with van der Waals surface area (Å²) in [6.07, 6.45) is 2.29. The van der Waals surface area contributed by atoms with Crippen molar-refractivity contribution in [2.75, 3.05) is 20.2 Å². The molecule has 1 aliphatic heterocycles. The average Bonchev–Trinajstić information content (AvgIpc) is 2.53. The van der Waals surface area contributed by atoms with E-state index in [9.17, 15) is 4.79 Å². The van der Waals surface area contributed by atoms with E-state index in [-0.39, 0.29) is 5.91 Å². The van der Waals surface area contributed by atoms with Gasteiger partial charge in [0.05, 0.1) is 23.9 Å². The average molecular weight is 298 g/mol. The molecule has 0 spiro atoms. The number of fused-ring (bicyclic) bond motifs is 1. The lowest BCUT2D eigenvalue weighted by molar-refractivity contribution is 0.0682. The van der Waals surface area contributed by atoms with Gasteiger partial charge in [0, 0.05) is 24.5 Å². The SMILES string of the molecule is COc1ccc2cc(C(=O)N3CCCC(C)C3)c(C)nc2c1. The van der Waals surface area contributed by atoms with Gasteiger partial charge < -0.3 is 9.64 Å². The Morgan fingerprint density at radius 1 is 1.36 bits per heavy atom. The van der Waals surface area contributed by atoms with Crippen molar-refractivity contribution in [1.29, 1.82) is 0 Å². The topological polar surface area (TPSA) is 42.4 Å². The number of benzene rings is 1. The zero-order valence-electron chi connectivity index (χ0n) is 13.4. The van der Waals surface area contributed by atoms with E-state index in [1.807, 2.05) is 36.1 Å². The van der Waals surface area contributed by atoms with Crippen molar-refractivity contribution >= 4 is 16.8 Å². The van der Waals surface area contributed by atoms with Gasteiger partial charge in [-0.1, -0.05) is 6.92 Å². The maximum Gasteiger partial charge on any atom is 0.255 e. The molecule has 1 unspecified atom stereocenters. The van der Waals surface area contributed by atoms with Crippen LogP contribution >= 0.6 is 0 Å². The molecule has 1 amide bonds. The summed E-state index contributed by atoms with van der Waals surface area (Å²) in [6, 6.07) is 7.71. The molecule has 1 aromatic carbocycles. The van der Waals surface area contributed by atoms with Gasteiger partial charge in [-0.2, -0.15) is 0 Å². The number of pyridine rings is 1. The van der Waals surface area contributed by atoms with Crippen LogP contribution in [-0.4, -0.2) is 36.0 Å². The second-order valence-electron chi connectivity index (χ2n) is 6.18. The second-order valence-corrected chi connectivity index (χ2v) is 6.18. The van der Waals surface area contributed by atoms with Gasteiger partial charge in [0.15, 0.2) is 0 Å². The number of methoxy groups -OCH3 is 1. The predicted octanol–water partition coefficient (Wildman–Crippen LogP) is 3.42. The summed E-state index contributed by atoms with van der Waals surface area (Å²) in [4.78, 5) is 19.4. The highest BCUT2D eigenvalue weighted by atomic mass is 16.5. The van der Waals surface area contributed by atoms with Crippen molar-refractivity contribution in [2.24, 2.45) is 5.92 Å². The Balaban J connectivity index is 1.96. The Bertz CT molecular complexity index is 712. The summed E-state index contributed by atoms with van der Waals surface area (Å²) in [5.74, 6) is 1.47. The van der Waals surface area contributed by atoms with Crippen molar-refractivity contribution in [3.63, 3.8) is 0 Å². The number of nitrogens with zero attached hydrogens (tertiary/aromatic N) is 2. The molecule has 1 atom stereocenters. The lowest BCUT2D eigenvalue weighted by atomic mass is 9.99. The first-order valence-electron chi connectivity index (χ1n) is 7.83. The van der Waals surface area contributed by atoms with Gasteiger partial charge in [0.1, 0.15) is 5.75 Å². The third-order valence-electron chi connectivity index (χ3n) is 4.39. The Morgan fingerprint density at radius 2 is 2.18 bits per heavy atom. The summed E-state index contributed by atoms with van der Waals surface area (Å²) in [5.41, 5.74) is 2.36. The zero-order chi connectivity index (χ0) is 15.7. The molecule has 1 saturated heterocycles. The number of likely N-dealkylation sites (tertiary alicyclic amines) is 1. The van der Waals surface area contributed by atoms with Crippen LogP contribution in [0.4, 0.5) is 0 Å². The number of ether oxygens (including phenoxy) is 1. The Hall–Kier alpha value is -2.10. The molecule has 1 aliphatic rings. The van der Waals surface area contributed by atoms with Crippen LogP contribution in [0.15, 0.2) is 24.3 Å². The number of aryl methyl sites for hydroxylation is 1. The lowest BCUT2D eigenvalue weighted by Gasteiger charge is -2.31. The fourth-order valence-corrected chi connectivity index (χ4v) is 3.13. The van der Waals surface area contributed by atoms with Crippen LogP contribution < -0.4 is 4.74 Å². The third kappa shape index (κ3) is 2.78. The first kappa shape index (κ1) is 14.8. The predicted molar refractivity (Wildman–Crippen MR) is 87.3 cm³/mol. The Kier molecular flexibility index (Phi) is 4.01. The third-order valence-corrected chi connectivity index (χ3v) is 4.39. The van der Waals surface area contributed by atoms with Crippen LogP contribution in [-0.2, 0) is 0 Å². The number of hydrogen-bond acceptors (Lipinski definition) is 3. The fourth-order valence-electron chi connectivity index (χ4n) is 3.13. The molecule has 0 bridgehead atoms. The lowest BCUT2D eigenvalue weighted by Crippen LogP contribution is -2.39. The van der Waals surface area contributed by atoms with E-state index in [2.05, 4.69) is 11.9 Å². The quantitative estimate of drug-likeness (QED) is 0.853. The molecule has 2 heterocycles. The summed E-state index contributed by atoms with van der Waals surface area (Å²) in [5, 5.41) is 0.972. The molecule has 0 N–H and O–H groups in total. The molecule has 1 aromatic heterocycles. The first-order valence-corrected chi connectivity index (χ1v) is 7.83. The molecular weight excluding hydrogens is 276 g/mol. The molecule has 0 radical (unpaired) electrons. The van der Waals surface area contributed by atoms with Crippen LogP contribution in [0.25, 0.3) is 10.9 Å². The van der Waals surface area contributed by atoms with E-state index >= 15 is 0 Å². The fraction of sp³-hybridized carbons (Fsp3) is 0.444. The maximum absolute atomic E-state index is 12.8. The monoisotopic (exact) mass is 298 g/mol. The molecule has 1 fully saturated rings. The summed E-state index contributed by atoms with van der Waals surface area (Å²) >= 11 is 0.